The second kappa shape index (κ2) is 4.57. The smallest absolute Gasteiger partial charge is 0.354 e. The minimum Gasteiger partial charge on any atom is -0.481 e. The van der Waals surface area contributed by atoms with Gasteiger partial charge in [0, 0.05) is 18.0 Å². The van der Waals surface area contributed by atoms with Gasteiger partial charge in [0.15, 0.2) is 0 Å². The highest BCUT2D eigenvalue weighted by molar-refractivity contribution is 5.94. The SMILES string of the molecule is [2H]C([2H])([2H])Oc1ccc2cc(C(=O)OC)n(CC3CC3)c2n1. The highest BCUT2D eigenvalue weighted by Gasteiger charge is 2.26. The zero-order valence-electron chi connectivity index (χ0n) is 13.5. The van der Waals surface area contributed by atoms with Crippen molar-refractivity contribution in [2.75, 3.05) is 14.1 Å². The zero-order valence-corrected chi connectivity index (χ0v) is 10.5. The topological polar surface area (TPSA) is 53.4 Å². The molecule has 0 aromatic carbocycles. The van der Waals surface area contributed by atoms with Crippen molar-refractivity contribution in [2.45, 2.75) is 19.4 Å². The Labute approximate surface area is 115 Å². The molecule has 2 heterocycles. The van der Waals surface area contributed by atoms with Gasteiger partial charge in [-0.15, -0.1) is 0 Å². The van der Waals surface area contributed by atoms with Gasteiger partial charge in [-0.3, -0.25) is 0 Å². The van der Waals surface area contributed by atoms with Crippen LogP contribution < -0.4 is 4.74 Å². The van der Waals surface area contributed by atoms with Crippen LogP contribution in [0.25, 0.3) is 11.0 Å². The summed E-state index contributed by atoms with van der Waals surface area (Å²) in [5.41, 5.74) is 0.956. The lowest BCUT2D eigenvalue weighted by Gasteiger charge is -2.08. The van der Waals surface area contributed by atoms with E-state index in [0.29, 0.717) is 23.8 Å². The third kappa shape index (κ3) is 2.16. The molecular weight excluding hydrogens is 244 g/mol. The van der Waals surface area contributed by atoms with Crippen LogP contribution in [0.15, 0.2) is 18.2 Å². The maximum atomic E-state index is 11.9. The van der Waals surface area contributed by atoms with Crippen LogP contribution in [0.3, 0.4) is 0 Å². The summed E-state index contributed by atoms with van der Waals surface area (Å²) in [4.78, 5) is 16.2. The number of aromatic nitrogens is 2. The molecular formula is C14H16N2O3. The fourth-order valence-corrected chi connectivity index (χ4v) is 2.18. The number of esters is 1. The maximum absolute atomic E-state index is 11.9. The van der Waals surface area contributed by atoms with E-state index < -0.39 is 13.0 Å². The quantitative estimate of drug-likeness (QED) is 0.794. The Morgan fingerprint density at radius 2 is 2.42 bits per heavy atom. The number of methoxy groups -OCH3 is 2. The van der Waals surface area contributed by atoms with Crippen LogP contribution in [0.2, 0.25) is 0 Å². The molecule has 1 aliphatic carbocycles. The van der Waals surface area contributed by atoms with Crippen molar-refractivity contribution in [1.82, 2.24) is 9.55 Å². The van der Waals surface area contributed by atoms with Crippen molar-refractivity contribution < 1.29 is 18.4 Å². The predicted molar refractivity (Wildman–Crippen MR) is 70.3 cm³/mol. The maximum Gasteiger partial charge on any atom is 0.354 e. The monoisotopic (exact) mass is 263 g/mol. The van der Waals surface area contributed by atoms with Crippen LogP contribution in [0.1, 0.15) is 27.4 Å². The third-order valence-electron chi connectivity index (χ3n) is 3.36. The molecule has 2 aromatic rings. The number of rotatable bonds is 4. The Kier molecular flexibility index (Phi) is 2.15. The van der Waals surface area contributed by atoms with Crippen molar-refractivity contribution in [1.29, 1.82) is 0 Å². The van der Waals surface area contributed by atoms with E-state index in [9.17, 15) is 4.79 Å². The highest BCUT2D eigenvalue weighted by atomic mass is 16.5. The van der Waals surface area contributed by atoms with Gasteiger partial charge in [-0.1, -0.05) is 0 Å². The number of pyridine rings is 1. The summed E-state index contributed by atoms with van der Waals surface area (Å²) in [7, 11) is -1.22. The van der Waals surface area contributed by atoms with Crippen molar-refractivity contribution in [3.63, 3.8) is 0 Å². The fourth-order valence-electron chi connectivity index (χ4n) is 2.18. The van der Waals surface area contributed by atoms with Gasteiger partial charge in [0.25, 0.3) is 0 Å². The Morgan fingerprint density at radius 1 is 1.58 bits per heavy atom. The molecule has 5 nitrogen and oxygen atoms in total. The van der Waals surface area contributed by atoms with Crippen molar-refractivity contribution in [3.8, 4) is 5.88 Å². The van der Waals surface area contributed by atoms with E-state index in [1.165, 1.54) is 13.2 Å². The van der Waals surface area contributed by atoms with Crippen LogP contribution in [-0.2, 0) is 11.3 Å². The summed E-state index contributed by atoms with van der Waals surface area (Å²) in [6.07, 6.45) is 2.23. The Morgan fingerprint density at radius 3 is 3.11 bits per heavy atom. The van der Waals surface area contributed by atoms with Gasteiger partial charge in [0.05, 0.1) is 18.3 Å². The van der Waals surface area contributed by atoms with E-state index in [2.05, 4.69) is 4.98 Å². The van der Waals surface area contributed by atoms with Crippen LogP contribution >= 0.6 is 0 Å². The average molecular weight is 263 g/mol. The van der Waals surface area contributed by atoms with E-state index in [1.54, 1.807) is 16.7 Å². The van der Waals surface area contributed by atoms with Gasteiger partial charge in [-0.25, -0.2) is 4.79 Å². The van der Waals surface area contributed by atoms with Gasteiger partial charge in [0.2, 0.25) is 5.88 Å². The molecule has 0 spiro atoms. The number of hydrogen-bond acceptors (Lipinski definition) is 4. The highest BCUT2D eigenvalue weighted by Crippen LogP contribution is 2.33. The Hall–Kier alpha value is -2.04. The molecule has 0 saturated heterocycles. The predicted octanol–water partition coefficient (Wildman–Crippen LogP) is 2.24. The van der Waals surface area contributed by atoms with E-state index in [1.807, 2.05) is 0 Å². The second-order valence-electron chi connectivity index (χ2n) is 4.74. The molecule has 0 atom stereocenters. The summed E-state index contributed by atoms with van der Waals surface area (Å²) < 4.78 is 32.9. The molecule has 100 valence electrons. The minimum absolute atomic E-state index is 0.0130. The molecule has 1 fully saturated rings. The van der Waals surface area contributed by atoms with Gasteiger partial charge >= 0.3 is 5.97 Å². The lowest BCUT2D eigenvalue weighted by Crippen LogP contribution is -2.12. The molecule has 0 N–H and O–H groups in total. The van der Waals surface area contributed by atoms with E-state index in [4.69, 9.17) is 13.6 Å². The average Bonchev–Trinajstić information content (AvgIpc) is 3.18. The van der Waals surface area contributed by atoms with Crippen LogP contribution in [0.5, 0.6) is 5.88 Å². The van der Waals surface area contributed by atoms with Gasteiger partial charge in [-0.2, -0.15) is 4.98 Å². The van der Waals surface area contributed by atoms with Gasteiger partial charge in [-0.05, 0) is 30.9 Å². The molecule has 3 rings (SSSR count). The fraction of sp³-hybridized carbons (Fsp3) is 0.429. The number of fused-ring (bicyclic) bond motifs is 1. The lowest BCUT2D eigenvalue weighted by molar-refractivity contribution is 0.0588. The summed E-state index contributed by atoms with van der Waals surface area (Å²) in [6.45, 7) is 0.665. The van der Waals surface area contributed by atoms with Crippen molar-refractivity contribution >= 4 is 17.0 Å². The molecule has 0 unspecified atom stereocenters. The first-order valence-corrected chi connectivity index (χ1v) is 6.15. The Bertz CT molecular complexity index is 720. The van der Waals surface area contributed by atoms with Crippen molar-refractivity contribution in [3.05, 3.63) is 23.9 Å². The molecule has 0 radical (unpaired) electrons. The minimum atomic E-state index is -2.56. The Balaban J connectivity index is 2.06. The normalized spacial score (nSPS) is 17.6. The molecule has 0 aliphatic heterocycles. The zero-order chi connectivity index (χ0) is 15.9. The molecule has 19 heavy (non-hydrogen) atoms. The molecule has 0 amide bonds. The summed E-state index contributed by atoms with van der Waals surface area (Å²) in [6, 6.07) is 4.88. The van der Waals surface area contributed by atoms with E-state index >= 15 is 0 Å². The molecule has 0 bridgehead atoms. The lowest BCUT2D eigenvalue weighted by atomic mass is 10.3. The van der Waals surface area contributed by atoms with E-state index in [0.717, 1.165) is 18.2 Å². The van der Waals surface area contributed by atoms with Crippen molar-refractivity contribution in [2.24, 2.45) is 5.92 Å². The number of hydrogen-bond donors (Lipinski definition) is 0. The van der Waals surface area contributed by atoms with Crippen LogP contribution in [0.4, 0.5) is 0 Å². The second-order valence-corrected chi connectivity index (χ2v) is 4.74. The third-order valence-corrected chi connectivity index (χ3v) is 3.36. The molecule has 2 aromatic heterocycles. The number of carbonyl (C=O) groups excluding carboxylic acids is 1. The van der Waals surface area contributed by atoms with Crippen LogP contribution in [0, 0.1) is 5.92 Å². The largest absolute Gasteiger partial charge is 0.481 e. The number of nitrogens with zero attached hydrogens (tertiary/aromatic N) is 2. The first-order chi connectivity index (χ1) is 10.4. The van der Waals surface area contributed by atoms with Crippen LogP contribution in [-0.4, -0.2) is 29.7 Å². The first kappa shape index (κ1) is 8.96. The molecule has 1 aliphatic rings. The summed E-state index contributed by atoms with van der Waals surface area (Å²) in [5, 5.41) is 0.749. The van der Waals surface area contributed by atoms with Gasteiger partial charge < -0.3 is 14.0 Å². The summed E-state index contributed by atoms with van der Waals surface area (Å²) in [5.74, 6) is 0.101. The summed E-state index contributed by atoms with van der Waals surface area (Å²) >= 11 is 0. The molecule has 1 saturated carbocycles. The number of ether oxygens (including phenoxy) is 2. The van der Waals surface area contributed by atoms with Gasteiger partial charge in [0.1, 0.15) is 11.3 Å². The molecule has 5 heteroatoms. The van der Waals surface area contributed by atoms with E-state index in [-0.39, 0.29) is 5.88 Å². The number of carbonyl (C=O) groups is 1. The standard InChI is InChI=1S/C14H16N2O3/c1-18-12-6-5-10-7-11(14(17)19-2)16(13(10)15-12)8-9-3-4-9/h5-7,9H,3-4,8H2,1-2H3/i1D3. The first-order valence-electron chi connectivity index (χ1n) is 7.65.